The van der Waals surface area contributed by atoms with Crippen LogP contribution < -0.4 is 4.74 Å². The van der Waals surface area contributed by atoms with Crippen molar-refractivity contribution in [3.63, 3.8) is 0 Å². The van der Waals surface area contributed by atoms with E-state index in [1.807, 2.05) is 50.2 Å². The third kappa shape index (κ3) is 5.18. The number of aromatic hydroxyl groups is 1. The van der Waals surface area contributed by atoms with Crippen LogP contribution >= 0.6 is 0 Å². The molecule has 2 aromatic carbocycles. The van der Waals surface area contributed by atoms with E-state index >= 15 is 0 Å². The number of hydrogen-bond donors (Lipinski definition) is 1. The lowest BCUT2D eigenvalue weighted by Gasteiger charge is -2.21. The van der Waals surface area contributed by atoms with Gasteiger partial charge in [-0.25, -0.2) is 0 Å². The lowest BCUT2D eigenvalue weighted by Crippen LogP contribution is -2.25. The van der Waals surface area contributed by atoms with Crippen molar-refractivity contribution in [3.8, 4) is 22.6 Å². The van der Waals surface area contributed by atoms with Crippen molar-refractivity contribution in [1.82, 2.24) is 0 Å². The molecule has 23 heavy (non-hydrogen) atoms. The van der Waals surface area contributed by atoms with Crippen LogP contribution in [0.25, 0.3) is 11.1 Å². The van der Waals surface area contributed by atoms with Crippen molar-refractivity contribution >= 4 is 8.32 Å². The summed E-state index contributed by atoms with van der Waals surface area (Å²) in [6.07, 6.45) is 0. The van der Waals surface area contributed by atoms with Crippen molar-refractivity contribution in [3.05, 3.63) is 60.0 Å². The van der Waals surface area contributed by atoms with Crippen LogP contribution in [0.15, 0.2) is 60.0 Å². The second-order valence-corrected chi connectivity index (χ2v) is 10.9. The number of rotatable bonds is 5. The number of phenolic OH excluding ortho intramolecular Hbond substituents is 1. The van der Waals surface area contributed by atoms with Gasteiger partial charge in [0.15, 0.2) is 0 Å². The fraction of sp³-hybridized carbons (Fsp3) is 0.263. The molecule has 0 radical (unpaired) electrons. The summed E-state index contributed by atoms with van der Waals surface area (Å²) in [5.41, 5.74) is 2.13. The first kappa shape index (κ1) is 17.2. The van der Waals surface area contributed by atoms with Crippen molar-refractivity contribution < 1.29 is 14.3 Å². The fourth-order valence-corrected chi connectivity index (χ4v) is 3.21. The quantitative estimate of drug-likeness (QED) is 0.578. The maximum absolute atomic E-state index is 9.35. The normalized spacial score (nSPS) is 12.6. The molecule has 0 bridgehead atoms. The monoisotopic (exact) mass is 328 g/mol. The van der Waals surface area contributed by atoms with Crippen LogP contribution in [0.4, 0.5) is 0 Å². The Morgan fingerprint density at radius 2 is 1.26 bits per heavy atom. The predicted molar refractivity (Wildman–Crippen MR) is 97.0 cm³/mol. The van der Waals surface area contributed by atoms with E-state index in [9.17, 15) is 5.11 Å². The maximum atomic E-state index is 9.35. The maximum Gasteiger partial charge on any atom is 0.241 e. The third-order valence-corrected chi connectivity index (χ3v) is 4.20. The molecule has 0 amide bonds. The zero-order chi connectivity index (χ0) is 17.0. The molecule has 0 aliphatic heterocycles. The molecule has 0 aromatic heterocycles. The molecule has 1 N–H and O–H groups in total. The highest BCUT2D eigenvalue weighted by Crippen LogP contribution is 2.25. The molecule has 0 heterocycles. The Morgan fingerprint density at radius 3 is 1.74 bits per heavy atom. The number of hydrogen-bond acceptors (Lipinski definition) is 3. The summed E-state index contributed by atoms with van der Waals surface area (Å²) >= 11 is 0. The Morgan fingerprint density at radius 1 is 0.783 bits per heavy atom. The van der Waals surface area contributed by atoms with Gasteiger partial charge in [-0.1, -0.05) is 24.3 Å². The molecule has 0 saturated carbocycles. The minimum absolute atomic E-state index is 0.271. The molecule has 2 aromatic rings. The van der Waals surface area contributed by atoms with Crippen LogP contribution in [0, 0.1) is 0 Å². The van der Waals surface area contributed by atoms with Crippen molar-refractivity contribution in [2.45, 2.75) is 33.5 Å². The average molecular weight is 328 g/mol. The number of allylic oxidation sites excluding steroid dienone is 2. The molecule has 3 nitrogen and oxygen atoms in total. The Balaban J connectivity index is 2.11. The van der Waals surface area contributed by atoms with E-state index in [0.29, 0.717) is 0 Å². The predicted octanol–water partition coefficient (Wildman–Crippen LogP) is 5.54. The van der Waals surface area contributed by atoms with Crippen LogP contribution in [0.1, 0.15) is 13.8 Å². The molecule has 0 atom stereocenters. The summed E-state index contributed by atoms with van der Waals surface area (Å²) < 4.78 is 11.8. The summed E-state index contributed by atoms with van der Waals surface area (Å²) in [5, 5.41) is 9.35. The lowest BCUT2D eigenvalue weighted by atomic mass is 10.1. The van der Waals surface area contributed by atoms with Gasteiger partial charge in [-0.2, -0.15) is 0 Å². The Hall–Kier alpha value is -2.20. The van der Waals surface area contributed by atoms with Crippen LogP contribution in [0.3, 0.4) is 0 Å². The second kappa shape index (κ2) is 6.92. The van der Waals surface area contributed by atoms with E-state index in [1.54, 1.807) is 12.1 Å². The molecule has 122 valence electrons. The largest absolute Gasteiger partial charge is 0.545 e. The van der Waals surface area contributed by atoms with Crippen LogP contribution in [-0.2, 0) is 4.43 Å². The van der Waals surface area contributed by atoms with E-state index in [-0.39, 0.29) is 5.75 Å². The van der Waals surface area contributed by atoms with Gasteiger partial charge in [-0.05, 0) is 68.9 Å². The molecule has 0 saturated heterocycles. The summed E-state index contributed by atoms with van der Waals surface area (Å²) in [4.78, 5) is 0. The Labute approximate surface area is 139 Å². The molecule has 2 rings (SSSR count). The second-order valence-electron chi connectivity index (χ2n) is 6.50. The molecular formula is C19H24O3Si. The standard InChI is InChI=1S/C19H24O3Si/c1-14(15(2)22-23(3,4)5)21-19-12-8-17(9-13-19)16-6-10-18(20)11-7-16/h6-13,20H,1-5H3/b15-14+. The highest BCUT2D eigenvalue weighted by molar-refractivity contribution is 6.70. The van der Waals surface area contributed by atoms with Crippen LogP contribution in [-0.4, -0.2) is 13.4 Å². The van der Waals surface area contributed by atoms with Crippen molar-refractivity contribution in [2.75, 3.05) is 0 Å². The first-order valence-corrected chi connectivity index (χ1v) is 11.1. The average Bonchev–Trinajstić information content (AvgIpc) is 2.47. The zero-order valence-electron chi connectivity index (χ0n) is 14.4. The highest BCUT2D eigenvalue weighted by atomic mass is 28.4. The van der Waals surface area contributed by atoms with Crippen LogP contribution in [0.5, 0.6) is 11.5 Å². The molecule has 0 fully saturated rings. The smallest absolute Gasteiger partial charge is 0.241 e. The van der Waals surface area contributed by atoms with E-state index in [0.717, 1.165) is 28.4 Å². The van der Waals surface area contributed by atoms with Crippen molar-refractivity contribution in [2.24, 2.45) is 0 Å². The SMILES string of the molecule is C/C(Oc1ccc(-c2ccc(O)cc2)cc1)=C(/C)O[Si](C)(C)C. The molecular weight excluding hydrogens is 304 g/mol. The first-order chi connectivity index (χ1) is 10.7. The number of phenols is 1. The van der Waals surface area contributed by atoms with Gasteiger partial charge in [0.1, 0.15) is 23.0 Å². The highest BCUT2D eigenvalue weighted by Gasteiger charge is 2.17. The molecule has 0 spiro atoms. The van der Waals surface area contributed by atoms with Gasteiger partial charge >= 0.3 is 0 Å². The lowest BCUT2D eigenvalue weighted by molar-refractivity contribution is 0.347. The first-order valence-electron chi connectivity index (χ1n) is 7.68. The van der Waals surface area contributed by atoms with Crippen molar-refractivity contribution in [1.29, 1.82) is 0 Å². The summed E-state index contributed by atoms with van der Waals surface area (Å²) in [6.45, 7) is 10.3. The van der Waals surface area contributed by atoms with Gasteiger partial charge < -0.3 is 14.3 Å². The van der Waals surface area contributed by atoms with Gasteiger partial charge in [0.2, 0.25) is 8.32 Å². The van der Waals surface area contributed by atoms with Crippen LogP contribution in [0.2, 0.25) is 19.6 Å². The van der Waals surface area contributed by atoms with E-state index in [4.69, 9.17) is 9.16 Å². The molecule has 4 heteroatoms. The Kier molecular flexibility index (Phi) is 5.16. The van der Waals surface area contributed by atoms with E-state index in [1.165, 1.54) is 0 Å². The van der Waals surface area contributed by atoms with Gasteiger partial charge in [0.05, 0.1) is 0 Å². The van der Waals surface area contributed by atoms with Gasteiger partial charge in [0.25, 0.3) is 0 Å². The van der Waals surface area contributed by atoms with Gasteiger partial charge in [-0.15, -0.1) is 0 Å². The molecule has 0 aliphatic carbocycles. The minimum atomic E-state index is -1.62. The third-order valence-electron chi connectivity index (χ3n) is 3.28. The summed E-state index contributed by atoms with van der Waals surface area (Å²) in [7, 11) is -1.62. The number of benzene rings is 2. The summed E-state index contributed by atoms with van der Waals surface area (Å²) in [5.74, 6) is 2.67. The number of ether oxygens (including phenoxy) is 1. The zero-order valence-corrected chi connectivity index (χ0v) is 15.4. The minimum Gasteiger partial charge on any atom is -0.545 e. The fourth-order valence-electron chi connectivity index (χ4n) is 2.15. The van der Waals surface area contributed by atoms with Gasteiger partial charge in [0, 0.05) is 0 Å². The van der Waals surface area contributed by atoms with E-state index in [2.05, 4.69) is 19.6 Å². The molecule has 0 aliphatic rings. The van der Waals surface area contributed by atoms with E-state index < -0.39 is 8.32 Å². The topological polar surface area (TPSA) is 38.7 Å². The molecule has 0 unspecified atom stereocenters. The Bertz CT molecular complexity index is 680. The van der Waals surface area contributed by atoms with Gasteiger partial charge in [-0.3, -0.25) is 0 Å². The summed E-state index contributed by atoms with van der Waals surface area (Å²) in [6, 6.07) is 15.0.